The number of methoxy groups -OCH3 is 5. The highest BCUT2D eigenvalue weighted by Gasteiger charge is 2.70. The maximum absolute atomic E-state index is 14.3. The number of halogens is 2. The van der Waals surface area contributed by atoms with Gasteiger partial charge in [-0.2, -0.15) is 0 Å². The fourth-order valence-electron chi connectivity index (χ4n) is 17.0. The van der Waals surface area contributed by atoms with E-state index in [0.29, 0.717) is 0 Å². The van der Waals surface area contributed by atoms with Crippen LogP contribution in [0.5, 0.6) is 23.0 Å². The molecule has 2 spiro atoms. The van der Waals surface area contributed by atoms with Gasteiger partial charge in [0.25, 0.3) is 11.5 Å². The number of fused-ring (bicyclic) bond motifs is 4. The van der Waals surface area contributed by atoms with Gasteiger partial charge in [-0.3, -0.25) is 10.1 Å². The summed E-state index contributed by atoms with van der Waals surface area (Å²) < 4.78 is 160. The third-order valence-corrected chi connectivity index (χ3v) is 23.3. The van der Waals surface area contributed by atoms with E-state index < -0.39 is 248 Å². The second-order valence-corrected chi connectivity index (χ2v) is 30.6. The predicted octanol–water partition coefficient (Wildman–Crippen LogP) is 1.26. The number of esters is 2. The Morgan fingerprint density at radius 1 is 0.613 bits per heavy atom. The largest absolute Gasteiger partial charge is 0.508 e. The molecule has 0 unspecified atom stereocenters. The average molecular weight is 1630 g/mol. The summed E-state index contributed by atoms with van der Waals surface area (Å²) in [6, 6.07) is 2.28. The van der Waals surface area contributed by atoms with Crippen LogP contribution in [0.25, 0.3) is 0 Å². The van der Waals surface area contributed by atoms with E-state index in [4.69, 9.17) is 146 Å². The molecule has 13 rings (SSSR count). The number of rotatable bonds is 21. The Balaban J connectivity index is 0.644. The Hall–Kier alpha value is -4.56. The van der Waals surface area contributed by atoms with Crippen LogP contribution in [0.3, 0.4) is 0 Å². The van der Waals surface area contributed by atoms with Crippen molar-refractivity contribution in [2.45, 2.75) is 295 Å². The minimum Gasteiger partial charge on any atom is -0.508 e. The Kier molecular flexibility index (Phi) is 25.1. The number of nitro groups is 1. The summed E-state index contributed by atoms with van der Waals surface area (Å²) in [6.45, 7) is 12.7. The number of hydrogen-bond acceptors (Lipinski definition) is 38. The minimum absolute atomic E-state index is 0.0700. The van der Waals surface area contributed by atoms with Crippen molar-refractivity contribution in [2.75, 3.05) is 62.2 Å². The molecule has 41 heteroatoms. The lowest BCUT2D eigenvalue weighted by Crippen LogP contribution is -2.68. The van der Waals surface area contributed by atoms with Gasteiger partial charge in [0.2, 0.25) is 0 Å². The van der Waals surface area contributed by atoms with Gasteiger partial charge in [-0.1, -0.05) is 23.2 Å². The fourth-order valence-corrected chi connectivity index (χ4v) is 17.5. The number of aliphatic hydroxyl groups is 5. The molecule has 0 bridgehead atoms. The Bertz CT molecular complexity index is 3630. The fraction of sp³-hybridized carbons (Fsp3) is 0.800. The summed E-state index contributed by atoms with van der Waals surface area (Å²) in [7, 11) is 6.53. The summed E-state index contributed by atoms with van der Waals surface area (Å²) in [5, 5.41) is 104. The molecule has 111 heavy (non-hydrogen) atoms. The van der Waals surface area contributed by atoms with Gasteiger partial charge in [0, 0.05) is 52.8 Å². The number of carbonyl (C=O) groups excluding carboxylic acids is 2. The second kappa shape index (κ2) is 33.1. The Morgan fingerprint density at radius 2 is 1.31 bits per heavy atom. The summed E-state index contributed by atoms with van der Waals surface area (Å²) >= 11 is 12.8. The van der Waals surface area contributed by atoms with Crippen molar-refractivity contribution in [3.05, 3.63) is 54.5 Å². The molecule has 2 aromatic rings. The van der Waals surface area contributed by atoms with Crippen LogP contribution in [0, 0.1) is 24.0 Å². The van der Waals surface area contributed by atoms with E-state index in [2.05, 4.69) is 0 Å². The van der Waals surface area contributed by atoms with Gasteiger partial charge in [-0.25, -0.2) is 9.59 Å². The normalized spacial score (nSPS) is 45.6. The van der Waals surface area contributed by atoms with E-state index in [1.807, 2.05) is 0 Å². The van der Waals surface area contributed by atoms with E-state index in [0.717, 1.165) is 6.07 Å². The first-order valence-corrected chi connectivity index (χ1v) is 37.1. The molecule has 8 N–H and O–H groups in total. The monoisotopic (exact) mass is 1630 g/mol. The molecule has 11 aliphatic heterocycles. The Morgan fingerprint density at radius 3 is 1.98 bits per heavy atom. The van der Waals surface area contributed by atoms with Gasteiger partial charge in [-0.15, -0.1) is 0 Å². The molecule has 0 radical (unpaired) electrons. The van der Waals surface area contributed by atoms with Crippen LogP contribution in [0.4, 0.5) is 0 Å². The highest BCUT2D eigenvalue weighted by Crippen LogP contribution is 2.53. The van der Waals surface area contributed by atoms with Crippen molar-refractivity contribution in [2.24, 2.45) is 0 Å². The van der Waals surface area contributed by atoms with E-state index in [1.165, 1.54) is 69.3 Å². The molecule has 11 saturated heterocycles. The number of phenols is 3. The lowest BCUT2D eigenvalue weighted by Gasteiger charge is -2.50. The van der Waals surface area contributed by atoms with Crippen molar-refractivity contribution in [1.29, 1.82) is 0 Å². The zero-order chi connectivity index (χ0) is 80.2. The summed E-state index contributed by atoms with van der Waals surface area (Å²) in [6.07, 6.45) is -40.9. The molecule has 11 aliphatic rings. The van der Waals surface area contributed by atoms with Gasteiger partial charge >= 0.3 is 17.9 Å². The first kappa shape index (κ1) is 84.4. The summed E-state index contributed by atoms with van der Waals surface area (Å²) in [5.74, 6) is -7.54. The number of benzene rings is 2. The smallest absolute Gasteiger partial charge is 0.342 e. The van der Waals surface area contributed by atoms with E-state index in [1.54, 1.807) is 34.6 Å². The third-order valence-electron chi connectivity index (χ3n) is 22.5. The summed E-state index contributed by atoms with van der Waals surface area (Å²) in [4.78, 5) is 39.8. The number of nitrogens with zero attached hydrogens (tertiary/aromatic N) is 1. The highest BCUT2D eigenvalue weighted by molar-refractivity contribution is 6.39. The van der Waals surface area contributed by atoms with Gasteiger partial charge < -0.3 is 164 Å². The lowest BCUT2D eigenvalue weighted by molar-refractivity contribution is -0.595. The molecule has 11 fully saturated rings. The number of hydrogen-bond donors (Lipinski definition) is 8. The second-order valence-electron chi connectivity index (χ2n) is 29.9. The van der Waals surface area contributed by atoms with Crippen molar-refractivity contribution in [3.63, 3.8) is 0 Å². The van der Waals surface area contributed by atoms with Crippen LogP contribution in [-0.2, 0) is 118 Å². The zero-order valence-corrected chi connectivity index (χ0v) is 64.5. The SMILES string of the molecule is COC[C@H]1O[C@@H](O[C@@H]2OC[C@@H]3O[C@@]4(OC[C@@H](OC(=O)c5c(C)cc(O)cc5O)[C@@H]5OCO[C@H]54)O[C@H]3[C@H]2O)[C@@H](OC)[C@@H](O)[C@@H]1O[C@@H]1O[C@H](C)[C@H](OC)[C@H](O[C@@H]2O[C@H](C)[C@H]3O[C@@]4(C[C@@H](O)[C@H](O[C@H]5C[C@@H](O[C@H]6C[C@](C)([N+](=O)[O-])[C@@H](OC)[C@H](C)O6)[C@H](OC(=O)c6c(C)c(Cl)c(O)c(Cl)c6OC)[C@@H](C)O5)[C@@H](C)O4)O[C@]3(C)[C@@H]2O)[C@H]1O. The maximum atomic E-state index is 14.3. The number of phenolic OH excluding ortho intramolecular Hbond substituents is 3. The molecule has 624 valence electrons. The molecule has 35 atom stereocenters. The molecule has 11 heterocycles. The van der Waals surface area contributed by atoms with E-state index >= 15 is 0 Å². The van der Waals surface area contributed by atoms with Crippen molar-refractivity contribution in [1.82, 2.24) is 0 Å². The van der Waals surface area contributed by atoms with Gasteiger partial charge in [0.15, 0.2) is 73.7 Å². The van der Waals surface area contributed by atoms with Crippen LogP contribution in [0.2, 0.25) is 10.0 Å². The topological polar surface area (TPSA) is 479 Å². The highest BCUT2D eigenvalue weighted by atomic mass is 35.5. The molecule has 0 aliphatic carbocycles. The van der Waals surface area contributed by atoms with Crippen molar-refractivity contribution < 1.29 is 179 Å². The quantitative estimate of drug-likeness (QED) is 0.0495. The van der Waals surface area contributed by atoms with Crippen LogP contribution in [0.15, 0.2) is 12.1 Å². The standard InChI is InChI=1S/C70H97Cl2NO38/c1-24-15-31(74)16-32(75)40(24)61(82)100-36-22-94-70(60-53(36)92-23-93-60)108-37-21-91-63(46(79)52(37)109-70)106-65-56(89-13)45(78)51(35(101-65)20-86-10)104-64-47(80)55(50(87-11)27(4)97-64)105-66-57(81)68(9)59(30(7)98-66)110-69(111-68)18-33(76)48(28(5)107-69)102-38-17-34(99-39-19-67(8,73(84)85)58(90-14)29(6)96-39)49(26(3)95-38)103-62(83)41-25(2)42(71)44(77)43(72)54(41)88-12/h15-16,26-30,33-39,45-53,55-60,63-66,74-81H,17-23H2,1-14H3/t26-,27-,28-,29+,30-,33-,34-,35-,36-,37+,38+,39+,45+,46-,47-,48-,49-,50+,51-,52-,53+,55-,56+,57-,58+,59-,60-,63+,64+,65+,66+,67+,68-,69+,70-/m1/s1. The van der Waals surface area contributed by atoms with Gasteiger partial charge in [0.05, 0.1) is 81.4 Å². The molecule has 0 saturated carbocycles. The predicted molar refractivity (Wildman–Crippen MR) is 363 cm³/mol. The van der Waals surface area contributed by atoms with Crippen LogP contribution in [-0.4, -0.2) is 333 Å². The van der Waals surface area contributed by atoms with Gasteiger partial charge in [-0.05, 0) is 72.6 Å². The van der Waals surface area contributed by atoms with Crippen LogP contribution in [0.1, 0.15) is 99.6 Å². The molecule has 39 nitrogen and oxygen atoms in total. The van der Waals surface area contributed by atoms with Crippen molar-refractivity contribution >= 4 is 35.1 Å². The minimum atomic E-state index is -2.06. The Labute approximate surface area is 645 Å². The zero-order valence-electron chi connectivity index (χ0n) is 63.0. The van der Waals surface area contributed by atoms with Crippen LogP contribution >= 0.6 is 23.2 Å². The molecule has 0 aromatic heterocycles. The van der Waals surface area contributed by atoms with E-state index in [-0.39, 0.29) is 83.3 Å². The van der Waals surface area contributed by atoms with Crippen molar-refractivity contribution in [3.8, 4) is 23.0 Å². The number of carbonyl (C=O) groups is 2. The average Bonchev–Trinajstić information content (AvgIpc) is 1.58. The molecule has 2 aromatic carbocycles. The number of aliphatic hydroxyl groups excluding tert-OH is 5. The van der Waals surface area contributed by atoms with Gasteiger partial charge in [0.1, 0.15) is 132 Å². The maximum Gasteiger partial charge on any atom is 0.342 e. The molecular formula is C70H97Cl2NO38. The van der Waals surface area contributed by atoms with E-state index in [9.17, 15) is 60.6 Å². The lowest BCUT2D eigenvalue weighted by atomic mass is 9.85. The number of aromatic hydroxyl groups is 3. The summed E-state index contributed by atoms with van der Waals surface area (Å²) in [5.41, 5.74) is -3.54. The first-order chi connectivity index (χ1) is 52.6. The molecule has 0 amide bonds. The third kappa shape index (κ3) is 15.5. The number of aryl methyl sites for hydroxylation is 1. The van der Waals surface area contributed by atoms with Crippen LogP contribution < -0.4 is 4.74 Å². The number of ether oxygens (including phenoxy) is 26. The first-order valence-electron chi connectivity index (χ1n) is 36.3. The molecular weight excluding hydrogens is 1530 g/mol.